The number of para-hydroxylation sites is 1. The number of nitrogens with zero attached hydrogens (tertiary/aromatic N) is 1. The first kappa shape index (κ1) is 13.7. The molecule has 3 aromatic rings. The third-order valence-electron chi connectivity index (χ3n) is 3.63. The van der Waals surface area contributed by atoms with Crippen LogP contribution in [-0.4, -0.2) is 4.98 Å². The van der Waals surface area contributed by atoms with Gasteiger partial charge in [0.2, 0.25) is 0 Å². The fourth-order valence-electron chi connectivity index (χ4n) is 2.72. The number of fused-ring (bicyclic) bond motifs is 1. The number of aromatic nitrogens is 1. The lowest BCUT2D eigenvalue weighted by atomic mass is 9.94. The van der Waals surface area contributed by atoms with Gasteiger partial charge in [-0.3, -0.25) is 4.98 Å². The topological polar surface area (TPSA) is 38.9 Å². The SMILES string of the molecule is Cc1cc(F)cc(C(N)c2cc(C)nc3ccccc23)c1. The van der Waals surface area contributed by atoms with Crippen LogP contribution in [0.1, 0.15) is 28.4 Å². The molecule has 2 nitrogen and oxygen atoms in total. The highest BCUT2D eigenvalue weighted by molar-refractivity contribution is 5.83. The van der Waals surface area contributed by atoms with E-state index in [0.29, 0.717) is 0 Å². The van der Waals surface area contributed by atoms with Crippen molar-refractivity contribution >= 4 is 10.9 Å². The number of nitrogens with two attached hydrogens (primary N) is 1. The molecule has 0 saturated heterocycles. The molecule has 1 heterocycles. The molecule has 0 bridgehead atoms. The molecular weight excluding hydrogens is 263 g/mol. The molecule has 0 saturated carbocycles. The van der Waals surface area contributed by atoms with Gasteiger partial charge in [-0.05, 0) is 54.8 Å². The standard InChI is InChI=1S/C18H17FN2/c1-11-7-13(10-14(19)8-11)18(20)16-9-12(2)21-17-6-4-3-5-15(16)17/h3-10,18H,20H2,1-2H3. The lowest BCUT2D eigenvalue weighted by Gasteiger charge is -2.16. The predicted octanol–water partition coefficient (Wildman–Crippen LogP) is 4.04. The molecule has 1 atom stereocenters. The first-order valence-electron chi connectivity index (χ1n) is 6.93. The number of hydrogen-bond donors (Lipinski definition) is 1. The van der Waals surface area contributed by atoms with Crippen LogP contribution in [0.5, 0.6) is 0 Å². The average molecular weight is 280 g/mol. The third kappa shape index (κ3) is 2.65. The van der Waals surface area contributed by atoms with Gasteiger partial charge in [0, 0.05) is 11.1 Å². The summed E-state index contributed by atoms with van der Waals surface area (Å²) in [6.45, 7) is 3.81. The van der Waals surface area contributed by atoms with Gasteiger partial charge in [0.1, 0.15) is 5.82 Å². The minimum Gasteiger partial charge on any atom is -0.320 e. The van der Waals surface area contributed by atoms with Gasteiger partial charge in [0.15, 0.2) is 0 Å². The van der Waals surface area contributed by atoms with Gasteiger partial charge in [-0.25, -0.2) is 4.39 Å². The van der Waals surface area contributed by atoms with E-state index in [2.05, 4.69) is 4.98 Å². The Bertz CT molecular complexity index is 791. The maximum atomic E-state index is 13.6. The van der Waals surface area contributed by atoms with Crippen LogP contribution in [-0.2, 0) is 0 Å². The molecule has 1 unspecified atom stereocenters. The quantitative estimate of drug-likeness (QED) is 0.769. The summed E-state index contributed by atoms with van der Waals surface area (Å²) < 4.78 is 13.6. The fourth-order valence-corrected chi connectivity index (χ4v) is 2.72. The molecule has 2 aromatic carbocycles. The average Bonchev–Trinajstić information content (AvgIpc) is 2.44. The monoisotopic (exact) mass is 280 g/mol. The number of aryl methyl sites for hydroxylation is 2. The summed E-state index contributed by atoms with van der Waals surface area (Å²) in [4.78, 5) is 4.52. The summed E-state index contributed by atoms with van der Waals surface area (Å²) in [5, 5.41) is 1.01. The molecule has 0 amide bonds. The molecule has 0 aliphatic rings. The fraction of sp³-hybridized carbons (Fsp3) is 0.167. The van der Waals surface area contributed by atoms with E-state index >= 15 is 0 Å². The highest BCUT2D eigenvalue weighted by atomic mass is 19.1. The first-order valence-corrected chi connectivity index (χ1v) is 6.93. The van der Waals surface area contributed by atoms with E-state index in [0.717, 1.165) is 33.3 Å². The van der Waals surface area contributed by atoms with Crippen LogP contribution in [0, 0.1) is 19.7 Å². The van der Waals surface area contributed by atoms with Crippen molar-refractivity contribution in [1.29, 1.82) is 0 Å². The maximum Gasteiger partial charge on any atom is 0.123 e. The van der Waals surface area contributed by atoms with Crippen LogP contribution >= 0.6 is 0 Å². The number of rotatable bonds is 2. The van der Waals surface area contributed by atoms with Crippen molar-refractivity contribution in [2.24, 2.45) is 5.73 Å². The summed E-state index contributed by atoms with van der Waals surface area (Å²) in [7, 11) is 0. The van der Waals surface area contributed by atoms with Crippen molar-refractivity contribution in [3.63, 3.8) is 0 Å². The summed E-state index contributed by atoms with van der Waals surface area (Å²) >= 11 is 0. The zero-order valence-corrected chi connectivity index (χ0v) is 12.1. The van der Waals surface area contributed by atoms with Crippen LogP contribution < -0.4 is 5.73 Å². The largest absolute Gasteiger partial charge is 0.320 e. The lowest BCUT2D eigenvalue weighted by molar-refractivity contribution is 0.622. The number of hydrogen-bond acceptors (Lipinski definition) is 2. The van der Waals surface area contributed by atoms with Crippen LogP contribution in [0.4, 0.5) is 4.39 Å². The Morgan fingerprint density at radius 1 is 1.05 bits per heavy atom. The Kier molecular flexibility index (Phi) is 3.43. The molecule has 2 N–H and O–H groups in total. The van der Waals surface area contributed by atoms with E-state index in [4.69, 9.17) is 5.73 Å². The minimum absolute atomic E-state index is 0.254. The maximum absolute atomic E-state index is 13.6. The zero-order valence-electron chi connectivity index (χ0n) is 12.1. The first-order chi connectivity index (χ1) is 10.0. The van der Waals surface area contributed by atoms with Gasteiger partial charge in [0.05, 0.1) is 11.6 Å². The zero-order chi connectivity index (χ0) is 15.0. The summed E-state index contributed by atoms with van der Waals surface area (Å²) in [5.41, 5.74) is 10.8. The molecular formula is C18H17FN2. The van der Waals surface area contributed by atoms with Crippen LogP contribution in [0.2, 0.25) is 0 Å². The van der Waals surface area contributed by atoms with Crippen molar-refractivity contribution in [2.75, 3.05) is 0 Å². The molecule has 0 aliphatic carbocycles. The Labute approximate surface area is 123 Å². The Morgan fingerprint density at radius 3 is 2.57 bits per heavy atom. The van der Waals surface area contributed by atoms with Crippen LogP contribution in [0.3, 0.4) is 0 Å². The van der Waals surface area contributed by atoms with Gasteiger partial charge in [0.25, 0.3) is 0 Å². The van der Waals surface area contributed by atoms with E-state index in [9.17, 15) is 4.39 Å². The van der Waals surface area contributed by atoms with Gasteiger partial charge < -0.3 is 5.73 Å². The Balaban J connectivity index is 2.19. The molecule has 3 rings (SSSR count). The number of halogens is 1. The van der Waals surface area contributed by atoms with E-state index in [1.807, 2.05) is 50.2 Å². The summed E-state index contributed by atoms with van der Waals surface area (Å²) in [6.07, 6.45) is 0. The second-order valence-corrected chi connectivity index (χ2v) is 5.41. The Hall–Kier alpha value is -2.26. The molecule has 106 valence electrons. The van der Waals surface area contributed by atoms with Crippen molar-refractivity contribution in [1.82, 2.24) is 4.98 Å². The molecule has 1 aromatic heterocycles. The summed E-state index contributed by atoms with van der Waals surface area (Å²) in [6, 6.07) is 14.4. The number of benzene rings is 2. The molecule has 0 radical (unpaired) electrons. The van der Waals surface area contributed by atoms with Crippen molar-refractivity contribution in [2.45, 2.75) is 19.9 Å². The third-order valence-corrected chi connectivity index (χ3v) is 3.63. The molecule has 3 heteroatoms. The van der Waals surface area contributed by atoms with Gasteiger partial charge in [-0.1, -0.05) is 24.3 Å². The van der Waals surface area contributed by atoms with E-state index in [1.54, 1.807) is 0 Å². The summed E-state index contributed by atoms with van der Waals surface area (Å²) in [5.74, 6) is -0.254. The highest BCUT2D eigenvalue weighted by Crippen LogP contribution is 2.28. The van der Waals surface area contributed by atoms with E-state index < -0.39 is 0 Å². The molecule has 0 fully saturated rings. The van der Waals surface area contributed by atoms with Gasteiger partial charge in [-0.15, -0.1) is 0 Å². The van der Waals surface area contributed by atoms with E-state index in [1.165, 1.54) is 12.1 Å². The van der Waals surface area contributed by atoms with E-state index in [-0.39, 0.29) is 11.9 Å². The highest BCUT2D eigenvalue weighted by Gasteiger charge is 2.14. The molecule has 0 spiro atoms. The normalized spacial score (nSPS) is 12.6. The van der Waals surface area contributed by atoms with Gasteiger partial charge >= 0.3 is 0 Å². The van der Waals surface area contributed by atoms with Crippen molar-refractivity contribution < 1.29 is 4.39 Å². The number of pyridine rings is 1. The second-order valence-electron chi connectivity index (χ2n) is 5.41. The minimum atomic E-state index is -0.369. The smallest absolute Gasteiger partial charge is 0.123 e. The van der Waals surface area contributed by atoms with Crippen molar-refractivity contribution in [3.05, 3.63) is 76.7 Å². The molecule has 0 aliphatic heterocycles. The van der Waals surface area contributed by atoms with Crippen LogP contribution in [0.25, 0.3) is 10.9 Å². The van der Waals surface area contributed by atoms with Crippen LogP contribution in [0.15, 0.2) is 48.5 Å². The predicted molar refractivity (Wildman–Crippen MR) is 83.6 cm³/mol. The van der Waals surface area contributed by atoms with Crippen molar-refractivity contribution in [3.8, 4) is 0 Å². The lowest BCUT2D eigenvalue weighted by Crippen LogP contribution is -2.13. The van der Waals surface area contributed by atoms with Gasteiger partial charge in [-0.2, -0.15) is 0 Å². The Morgan fingerprint density at radius 2 is 1.81 bits per heavy atom. The molecule has 21 heavy (non-hydrogen) atoms. The second kappa shape index (κ2) is 5.26.